The van der Waals surface area contributed by atoms with E-state index in [4.69, 9.17) is 4.74 Å². The van der Waals surface area contributed by atoms with E-state index >= 15 is 0 Å². The van der Waals surface area contributed by atoms with Crippen LogP contribution in [0.15, 0.2) is 0 Å². The zero-order chi connectivity index (χ0) is 14.3. The topological polar surface area (TPSA) is 67.9 Å². The van der Waals surface area contributed by atoms with Gasteiger partial charge in [-0.25, -0.2) is 4.79 Å². The number of alkyl carbamates (subject to hydrolysis) is 1. The number of carbonyl (C=O) groups excluding carboxylic acids is 2. The van der Waals surface area contributed by atoms with Crippen molar-refractivity contribution in [2.75, 3.05) is 27.7 Å². The molecule has 0 saturated heterocycles. The summed E-state index contributed by atoms with van der Waals surface area (Å²) in [5.41, 5.74) is -0.558. The van der Waals surface area contributed by atoms with Gasteiger partial charge in [0.2, 0.25) is 0 Å². The number of hydrogen-bond acceptors (Lipinski definition) is 5. The predicted molar refractivity (Wildman–Crippen MR) is 68.3 cm³/mol. The molecule has 0 fully saturated rings. The van der Waals surface area contributed by atoms with Crippen molar-refractivity contribution in [1.29, 1.82) is 0 Å². The Bertz CT molecular complexity index is 284. The third kappa shape index (κ3) is 8.81. The van der Waals surface area contributed by atoms with Gasteiger partial charge in [-0.2, -0.15) is 0 Å². The molecule has 0 heterocycles. The Hall–Kier alpha value is -1.30. The lowest BCUT2D eigenvalue weighted by Crippen LogP contribution is -2.45. The Morgan fingerprint density at radius 3 is 2.22 bits per heavy atom. The number of esters is 1. The largest absolute Gasteiger partial charge is 0.469 e. The second-order valence-corrected chi connectivity index (χ2v) is 5.39. The highest BCUT2D eigenvalue weighted by Crippen LogP contribution is 2.07. The lowest BCUT2D eigenvalue weighted by atomic mass is 10.2. The van der Waals surface area contributed by atoms with Gasteiger partial charge in [-0.3, -0.25) is 4.79 Å². The minimum Gasteiger partial charge on any atom is -0.469 e. The normalized spacial score (nSPS) is 13.1. The van der Waals surface area contributed by atoms with Gasteiger partial charge in [-0.05, 0) is 34.9 Å². The smallest absolute Gasteiger partial charge is 0.407 e. The number of hydrogen-bond donors (Lipinski definition) is 1. The van der Waals surface area contributed by atoms with Crippen molar-refractivity contribution < 1.29 is 19.1 Å². The van der Waals surface area contributed by atoms with E-state index in [0.29, 0.717) is 6.54 Å². The van der Waals surface area contributed by atoms with Crippen LogP contribution in [0.25, 0.3) is 0 Å². The summed E-state index contributed by atoms with van der Waals surface area (Å²) in [5.74, 6) is -0.363. The number of ether oxygens (including phenoxy) is 2. The number of carbonyl (C=O) groups is 2. The van der Waals surface area contributed by atoms with Crippen LogP contribution in [0, 0.1) is 0 Å². The van der Waals surface area contributed by atoms with E-state index < -0.39 is 11.7 Å². The highest BCUT2D eigenvalue weighted by molar-refractivity contribution is 5.72. The Balaban J connectivity index is 4.39. The number of methoxy groups -OCH3 is 1. The molecule has 0 aliphatic carbocycles. The molecule has 0 aliphatic heterocycles. The molecule has 0 aliphatic rings. The van der Waals surface area contributed by atoms with Crippen LogP contribution in [0.3, 0.4) is 0 Å². The average molecular weight is 260 g/mol. The molecule has 0 rings (SSSR count). The summed E-state index contributed by atoms with van der Waals surface area (Å²) in [7, 11) is 5.05. The third-order valence-corrected chi connectivity index (χ3v) is 1.95. The van der Waals surface area contributed by atoms with Crippen LogP contribution in [0.1, 0.15) is 27.2 Å². The van der Waals surface area contributed by atoms with Gasteiger partial charge in [0.05, 0.1) is 19.6 Å². The van der Waals surface area contributed by atoms with Gasteiger partial charge in [0.15, 0.2) is 0 Å². The minimum absolute atomic E-state index is 0.119. The first-order valence-electron chi connectivity index (χ1n) is 5.85. The van der Waals surface area contributed by atoms with E-state index in [1.807, 2.05) is 19.0 Å². The highest BCUT2D eigenvalue weighted by Gasteiger charge is 2.21. The quantitative estimate of drug-likeness (QED) is 0.747. The zero-order valence-electron chi connectivity index (χ0n) is 12.1. The van der Waals surface area contributed by atoms with Crippen LogP contribution < -0.4 is 5.32 Å². The molecule has 6 heteroatoms. The molecule has 0 aromatic carbocycles. The monoisotopic (exact) mass is 260 g/mol. The molecule has 1 amide bonds. The van der Waals surface area contributed by atoms with E-state index in [1.54, 1.807) is 20.8 Å². The molecular formula is C12H24N2O4. The standard InChI is InChI=1S/C12H24N2O4/c1-12(2,3)18-11(16)13-9(8-14(4)5)7-10(15)17-6/h9H,7-8H2,1-6H3,(H,13,16)/t9-/m0/s1. The van der Waals surface area contributed by atoms with Crippen molar-refractivity contribution in [3.05, 3.63) is 0 Å². The van der Waals surface area contributed by atoms with Crippen LogP contribution in [-0.2, 0) is 14.3 Å². The zero-order valence-corrected chi connectivity index (χ0v) is 12.1. The van der Waals surface area contributed by atoms with Crippen LogP contribution in [0.5, 0.6) is 0 Å². The molecule has 0 radical (unpaired) electrons. The molecule has 1 atom stereocenters. The summed E-state index contributed by atoms with van der Waals surface area (Å²) in [6.45, 7) is 5.89. The fraction of sp³-hybridized carbons (Fsp3) is 0.833. The van der Waals surface area contributed by atoms with Gasteiger partial charge in [0, 0.05) is 6.54 Å². The lowest BCUT2D eigenvalue weighted by molar-refractivity contribution is -0.141. The highest BCUT2D eigenvalue weighted by atomic mass is 16.6. The molecule has 6 nitrogen and oxygen atoms in total. The fourth-order valence-electron chi connectivity index (χ4n) is 1.36. The summed E-state index contributed by atoms with van der Waals surface area (Å²) in [5, 5.41) is 2.67. The van der Waals surface area contributed by atoms with Gasteiger partial charge in [0.1, 0.15) is 5.60 Å². The van der Waals surface area contributed by atoms with Gasteiger partial charge in [0.25, 0.3) is 0 Å². The summed E-state index contributed by atoms with van der Waals surface area (Å²) >= 11 is 0. The van der Waals surface area contributed by atoms with Crippen molar-refractivity contribution in [3.63, 3.8) is 0 Å². The molecule has 18 heavy (non-hydrogen) atoms. The lowest BCUT2D eigenvalue weighted by Gasteiger charge is -2.24. The van der Waals surface area contributed by atoms with Gasteiger partial charge in [-0.1, -0.05) is 0 Å². The number of rotatable bonds is 5. The maximum atomic E-state index is 11.6. The van der Waals surface area contributed by atoms with E-state index in [-0.39, 0.29) is 18.4 Å². The Morgan fingerprint density at radius 1 is 1.28 bits per heavy atom. The van der Waals surface area contributed by atoms with E-state index in [9.17, 15) is 9.59 Å². The third-order valence-electron chi connectivity index (χ3n) is 1.95. The first-order valence-corrected chi connectivity index (χ1v) is 5.85. The maximum absolute atomic E-state index is 11.6. The van der Waals surface area contributed by atoms with E-state index in [2.05, 4.69) is 10.1 Å². The van der Waals surface area contributed by atoms with Gasteiger partial charge in [-0.15, -0.1) is 0 Å². The summed E-state index contributed by atoms with van der Waals surface area (Å²) in [4.78, 5) is 24.7. The maximum Gasteiger partial charge on any atom is 0.407 e. The molecule has 0 aromatic heterocycles. The van der Waals surface area contributed by atoms with Gasteiger partial charge >= 0.3 is 12.1 Å². The van der Waals surface area contributed by atoms with Crippen LogP contribution in [0.2, 0.25) is 0 Å². The summed E-state index contributed by atoms with van der Waals surface area (Å²) < 4.78 is 9.74. The fourth-order valence-corrected chi connectivity index (χ4v) is 1.36. The first-order chi connectivity index (χ1) is 8.14. The average Bonchev–Trinajstić information content (AvgIpc) is 2.12. The molecule has 0 bridgehead atoms. The molecule has 0 unspecified atom stereocenters. The molecule has 0 saturated carbocycles. The van der Waals surface area contributed by atoms with Gasteiger partial charge < -0.3 is 19.7 Å². The van der Waals surface area contributed by atoms with E-state index in [0.717, 1.165) is 0 Å². The molecule has 0 spiro atoms. The molecular weight excluding hydrogens is 236 g/mol. The summed E-state index contributed by atoms with van der Waals surface area (Å²) in [6.07, 6.45) is -0.410. The van der Waals surface area contributed by atoms with Crippen LogP contribution >= 0.6 is 0 Å². The van der Waals surface area contributed by atoms with Crippen molar-refractivity contribution >= 4 is 12.1 Å². The Labute approximate surface area is 109 Å². The second kappa shape index (κ2) is 7.20. The van der Waals surface area contributed by atoms with Crippen LogP contribution in [0.4, 0.5) is 4.79 Å². The second-order valence-electron chi connectivity index (χ2n) is 5.39. The number of likely N-dealkylation sites (N-methyl/N-ethyl adjacent to an activating group) is 1. The predicted octanol–water partition coefficient (Wildman–Crippen LogP) is 1.00. The molecule has 0 aromatic rings. The molecule has 106 valence electrons. The first kappa shape index (κ1) is 16.7. The van der Waals surface area contributed by atoms with Crippen molar-refractivity contribution in [2.24, 2.45) is 0 Å². The van der Waals surface area contributed by atoms with E-state index in [1.165, 1.54) is 7.11 Å². The van der Waals surface area contributed by atoms with Crippen molar-refractivity contribution in [2.45, 2.75) is 38.8 Å². The number of amides is 1. The number of nitrogens with zero attached hydrogens (tertiary/aromatic N) is 1. The Kier molecular flexibility index (Phi) is 6.68. The summed E-state index contributed by atoms with van der Waals surface area (Å²) in [6, 6.07) is -0.331. The van der Waals surface area contributed by atoms with Crippen LogP contribution in [-0.4, -0.2) is 56.4 Å². The Morgan fingerprint density at radius 2 is 1.83 bits per heavy atom. The SMILES string of the molecule is COC(=O)C[C@@H](CN(C)C)NC(=O)OC(C)(C)C. The minimum atomic E-state index is -0.558. The number of nitrogens with one attached hydrogen (secondary N) is 1. The molecule has 1 N–H and O–H groups in total. The van der Waals surface area contributed by atoms with Crippen molar-refractivity contribution in [1.82, 2.24) is 10.2 Å². The van der Waals surface area contributed by atoms with Crippen molar-refractivity contribution in [3.8, 4) is 0 Å².